The molecule has 0 atom stereocenters. The molecular formula is HNO2S2. The van der Waals surface area contributed by atoms with Gasteiger partial charge in [0.05, 0.1) is 12.4 Å². The van der Waals surface area contributed by atoms with Crippen molar-refractivity contribution in [2.45, 2.75) is 0 Å². The Kier molecular flexibility index (Phi) is 2.21. The average molecular weight is 111 g/mol. The SMILES string of the molecule is O=[SH](=O)N=S. The van der Waals surface area contributed by atoms with Crippen LogP contribution in [0.15, 0.2) is 3.77 Å². The number of nitrogens with zero attached hydrogens (tertiary/aromatic N) is 1. The van der Waals surface area contributed by atoms with E-state index in [9.17, 15) is 0 Å². The number of rotatable bonds is 1. The molecule has 0 rings (SSSR count). The van der Waals surface area contributed by atoms with Gasteiger partial charge in [-0.2, -0.15) is 0 Å². The zero-order chi connectivity index (χ0) is 4.28. The van der Waals surface area contributed by atoms with Gasteiger partial charge in [0.1, 0.15) is 0 Å². The van der Waals surface area contributed by atoms with Crippen molar-refractivity contribution in [3.63, 3.8) is 0 Å². The van der Waals surface area contributed by atoms with Gasteiger partial charge < -0.3 is 0 Å². The minimum Gasteiger partial charge on any atom is -0.207 e. The van der Waals surface area contributed by atoms with Crippen molar-refractivity contribution in [3.05, 3.63) is 0 Å². The molecule has 0 spiro atoms. The molecule has 0 aliphatic carbocycles. The summed E-state index contributed by atoms with van der Waals surface area (Å²) in [6.07, 6.45) is 0. The predicted octanol–water partition coefficient (Wildman–Crippen LogP) is -0.757. The van der Waals surface area contributed by atoms with Crippen LogP contribution < -0.4 is 0 Å². The van der Waals surface area contributed by atoms with Gasteiger partial charge in [0, 0.05) is 0 Å². The topological polar surface area (TPSA) is 46.5 Å². The third-order valence-corrected chi connectivity index (χ3v) is 0.600. The quantitative estimate of drug-likeness (QED) is 0.452. The Balaban J connectivity index is 3.69. The van der Waals surface area contributed by atoms with Crippen molar-refractivity contribution in [3.8, 4) is 0 Å². The van der Waals surface area contributed by atoms with Crippen molar-refractivity contribution in [1.29, 1.82) is 0 Å². The number of hydrogen-bond acceptors (Lipinski definition) is 3. The third-order valence-electron chi connectivity index (χ3n) is 0.0667. The highest BCUT2D eigenvalue weighted by atomic mass is 32.2. The first-order chi connectivity index (χ1) is 2.27. The molecule has 0 N–H and O–H groups in total. The van der Waals surface area contributed by atoms with Gasteiger partial charge in [0.2, 0.25) is 0 Å². The summed E-state index contributed by atoms with van der Waals surface area (Å²) < 4.78 is 20.7. The highest BCUT2D eigenvalue weighted by Crippen LogP contribution is 1.53. The normalized spacial score (nSPS) is 8.20. The summed E-state index contributed by atoms with van der Waals surface area (Å²) in [6.45, 7) is 0. The summed E-state index contributed by atoms with van der Waals surface area (Å²) in [7, 11) is -2.66. The van der Waals surface area contributed by atoms with E-state index in [0.717, 1.165) is 0 Å². The molecule has 0 radical (unpaired) electrons. The Morgan fingerprint density at radius 1 is 1.60 bits per heavy atom. The second-order valence-electron chi connectivity index (χ2n) is 0.319. The van der Waals surface area contributed by atoms with Crippen LogP contribution in [0.5, 0.6) is 0 Å². The fourth-order valence-electron chi connectivity index (χ4n) is 0. The van der Waals surface area contributed by atoms with Crippen LogP contribution in [0.2, 0.25) is 0 Å². The van der Waals surface area contributed by atoms with Gasteiger partial charge >= 0.3 is 0 Å². The number of hydrogen-bond donors (Lipinski definition) is 1. The fraction of sp³-hybridized carbons (Fsp3) is 0. The minimum absolute atomic E-state index is 2.43. The maximum absolute atomic E-state index is 9.13. The van der Waals surface area contributed by atoms with E-state index >= 15 is 0 Å². The molecule has 0 aliphatic rings. The van der Waals surface area contributed by atoms with E-state index in [2.05, 4.69) is 16.2 Å². The maximum atomic E-state index is 9.13. The highest BCUT2D eigenvalue weighted by Gasteiger charge is 1.57. The van der Waals surface area contributed by atoms with Gasteiger partial charge in [0.15, 0.2) is 0 Å². The first kappa shape index (κ1) is 4.97. The Morgan fingerprint density at radius 3 is 1.80 bits per heavy atom. The second kappa shape index (κ2) is 2.22. The molecule has 3 nitrogen and oxygen atoms in total. The van der Waals surface area contributed by atoms with Gasteiger partial charge in [-0.1, -0.05) is 3.77 Å². The Bertz CT molecular complexity index is 83.8. The Morgan fingerprint density at radius 2 is 1.80 bits per heavy atom. The molecule has 0 bridgehead atoms. The Hall–Kier alpha value is -0.0300. The smallest absolute Gasteiger partial charge is 0.207 e. The third kappa shape index (κ3) is 3.97. The van der Waals surface area contributed by atoms with Crippen LogP contribution in [0, 0.1) is 0 Å². The van der Waals surface area contributed by atoms with Crippen LogP contribution in [0.1, 0.15) is 0 Å². The van der Waals surface area contributed by atoms with E-state index in [-0.39, 0.29) is 0 Å². The van der Waals surface area contributed by atoms with Crippen LogP contribution in [0.3, 0.4) is 0 Å². The molecule has 0 aromatic carbocycles. The van der Waals surface area contributed by atoms with Crippen LogP contribution in [-0.2, 0) is 23.3 Å². The molecule has 0 aromatic heterocycles. The van der Waals surface area contributed by atoms with Crippen molar-refractivity contribution in [2.75, 3.05) is 0 Å². The summed E-state index contributed by atoms with van der Waals surface area (Å²) in [5, 5.41) is 0. The summed E-state index contributed by atoms with van der Waals surface area (Å²) in [5.74, 6) is 0. The molecule has 0 heterocycles. The standard InChI is InChI=1S/HNO2S2/c2-5(3)1-4/h5H. The molecule has 0 saturated carbocycles. The van der Waals surface area contributed by atoms with E-state index in [1.807, 2.05) is 0 Å². The molecule has 0 fully saturated rings. The monoisotopic (exact) mass is 111 g/mol. The molecular weight excluding hydrogens is 110 g/mol. The van der Waals surface area contributed by atoms with E-state index in [0.29, 0.717) is 0 Å². The first-order valence-corrected chi connectivity index (χ1v) is 2.24. The number of thiol groups is 1. The van der Waals surface area contributed by atoms with Crippen LogP contribution in [-0.4, -0.2) is 8.42 Å². The predicted molar refractivity (Wildman–Crippen MR) is 20.1 cm³/mol. The molecule has 0 aromatic rings. The molecule has 5 heteroatoms. The van der Waals surface area contributed by atoms with E-state index in [1.54, 1.807) is 0 Å². The van der Waals surface area contributed by atoms with Crippen molar-refractivity contribution in [1.82, 2.24) is 0 Å². The van der Waals surface area contributed by atoms with Crippen molar-refractivity contribution in [2.24, 2.45) is 3.77 Å². The van der Waals surface area contributed by atoms with E-state index < -0.39 is 10.9 Å². The van der Waals surface area contributed by atoms with Crippen LogP contribution >= 0.6 is 0 Å². The van der Waals surface area contributed by atoms with Gasteiger partial charge in [-0.15, -0.1) is 0 Å². The van der Waals surface area contributed by atoms with Gasteiger partial charge in [-0.25, -0.2) is 8.42 Å². The molecule has 0 unspecified atom stereocenters. The van der Waals surface area contributed by atoms with Gasteiger partial charge in [0.25, 0.3) is 10.9 Å². The fourth-order valence-corrected chi connectivity index (χ4v) is 0. The van der Waals surface area contributed by atoms with Gasteiger partial charge in [-0.3, -0.25) is 0 Å². The van der Waals surface area contributed by atoms with Crippen molar-refractivity contribution >= 4 is 23.3 Å². The summed E-state index contributed by atoms with van der Waals surface area (Å²) in [6, 6.07) is 0. The highest BCUT2D eigenvalue weighted by molar-refractivity contribution is 7.76. The minimum atomic E-state index is -2.66. The lowest BCUT2D eigenvalue weighted by molar-refractivity contribution is 0.617. The molecule has 0 amide bonds. The summed E-state index contributed by atoms with van der Waals surface area (Å²) >= 11 is 3.70. The lowest BCUT2D eigenvalue weighted by Crippen LogP contribution is -1.54. The zero-order valence-corrected chi connectivity index (χ0v) is 3.83. The van der Waals surface area contributed by atoms with E-state index in [4.69, 9.17) is 8.42 Å². The van der Waals surface area contributed by atoms with Crippen LogP contribution in [0.4, 0.5) is 0 Å². The lowest BCUT2D eigenvalue weighted by atomic mass is 13.9. The van der Waals surface area contributed by atoms with Gasteiger partial charge in [-0.05, 0) is 0 Å². The summed E-state index contributed by atoms with van der Waals surface area (Å²) in [4.78, 5) is 0. The van der Waals surface area contributed by atoms with Crippen LogP contribution in [0.25, 0.3) is 0 Å². The first-order valence-electron chi connectivity index (χ1n) is 0.748. The molecule has 0 aliphatic heterocycles. The Labute approximate surface area is 36.3 Å². The maximum Gasteiger partial charge on any atom is 0.253 e. The molecule has 30 valence electrons. The average Bonchev–Trinajstić information content (AvgIpc) is 1.38. The molecule has 5 heavy (non-hydrogen) atoms. The van der Waals surface area contributed by atoms with Crippen molar-refractivity contribution < 1.29 is 8.42 Å². The summed E-state index contributed by atoms with van der Waals surface area (Å²) in [5.41, 5.74) is 0. The van der Waals surface area contributed by atoms with E-state index in [1.165, 1.54) is 0 Å². The second-order valence-corrected chi connectivity index (χ2v) is 1.45. The lowest BCUT2D eigenvalue weighted by Gasteiger charge is -1.48. The largest absolute Gasteiger partial charge is 0.253 e. The zero-order valence-electron chi connectivity index (χ0n) is 2.12. The molecule has 0 saturated heterocycles.